The van der Waals surface area contributed by atoms with Gasteiger partial charge in [0, 0.05) is 72.8 Å². The maximum Gasteiger partial charge on any atom is 0.271 e. The van der Waals surface area contributed by atoms with Crippen molar-refractivity contribution in [2.24, 2.45) is 5.10 Å². The standard InChI is InChI=1S/C44H44N4O16/c1-19-17-47(9-10-62-19)26-14-32(63-20(2)38(26)52)64-30-16-44(58,15-25-35(30)42(56)37-36(40(25)54)39(53)24-5-4-6-29(61-3)34(24)41(37)55)31(18-49)45-46-43(57)22-11-21(12-23(13-22)48(59)60)33-27(50)7-8-28(33)51/h4-8,11-13,19-20,26,30,32-33,38,49,52,54,56,58H,9-10,14-18H2,1-3H3,(H,46,57)/b45-31+/t19-,20+,26?,30+,32+,38-,44+/m1/s1. The second-order valence-electron chi connectivity index (χ2n) is 16.5. The van der Waals surface area contributed by atoms with Crippen molar-refractivity contribution in [2.75, 3.05) is 33.4 Å². The number of hydrogen-bond donors (Lipinski definition) is 6. The summed E-state index contributed by atoms with van der Waals surface area (Å²) in [6.45, 7) is 3.88. The molecule has 2 aliphatic heterocycles. The Bertz CT molecular complexity index is 2560. The number of benzene rings is 3. The van der Waals surface area contributed by atoms with E-state index in [-0.39, 0.29) is 46.1 Å². The number of hydrazone groups is 1. The van der Waals surface area contributed by atoms with E-state index in [0.29, 0.717) is 19.7 Å². The summed E-state index contributed by atoms with van der Waals surface area (Å²) in [6, 6.07) is 6.74. The monoisotopic (exact) mass is 884 g/mol. The number of aliphatic hydroxyl groups excluding tert-OH is 2. The Hall–Kier alpha value is -6.26. The van der Waals surface area contributed by atoms with Crippen molar-refractivity contribution in [2.45, 2.75) is 81.4 Å². The second kappa shape index (κ2) is 17.0. The van der Waals surface area contributed by atoms with E-state index in [2.05, 4.69) is 10.5 Å². The first kappa shape index (κ1) is 44.4. The van der Waals surface area contributed by atoms with Crippen molar-refractivity contribution < 1.29 is 73.4 Å². The highest BCUT2D eigenvalue weighted by atomic mass is 16.7. The Morgan fingerprint density at radius 1 is 1.05 bits per heavy atom. The minimum absolute atomic E-state index is 0.0385. The van der Waals surface area contributed by atoms with Crippen LogP contribution in [0, 0.1) is 10.1 Å². The van der Waals surface area contributed by atoms with E-state index < -0.39 is 135 Å². The number of aliphatic hydroxyl groups is 3. The van der Waals surface area contributed by atoms with Gasteiger partial charge in [-0.15, -0.1) is 0 Å². The van der Waals surface area contributed by atoms with Crippen molar-refractivity contribution >= 4 is 40.4 Å². The minimum atomic E-state index is -2.36. The van der Waals surface area contributed by atoms with Gasteiger partial charge >= 0.3 is 0 Å². The number of methoxy groups -OCH3 is 1. The van der Waals surface area contributed by atoms with E-state index in [4.69, 9.17) is 18.9 Å². The predicted molar refractivity (Wildman–Crippen MR) is 219 cm³/mol. The molecule has 0 bridgehead atoms. The molecule has 0 radical (unpaired) electrons. The number of phenolic OH excluding ortho intramolecular Hbond substituents is 2. The van der Waals surface area contributed by atoms with Crippen LogP contribution in [-0.4, -0.2) is 140 Å². The summed E-state index contributed by atoms with van der Waals surface area (Å²) in [6.07, 6.45) is -3.67. The molecule has 3 aromatic carbocycles. The smallest absolute Gasteiger partial charge is 0.271 e. The van der Waals surface area contributed by atoms with Crippen molar-refractivity contribution in [3.8, 4) is 17.2 Å². The molecule has 0 aromatic heterocycles. The summed E-state index contributed by atoms with van der Waals surface area (Å²) in [5.74, 6) is -6.97. The third-order valence-electron chi connectivity index (χ3n) is 12.5. The van der Waals surface area contributed by atoms with Gasteiger partial charge in [-0.25, -0.2) is 5.43 Å². The number of nitro groups is 1. The van der Waals surface area contributed by atoms with Crippen LogP contribution in [0.5, 0.6) is 17.2 Å². The van der Waals surface area contributed by atoms with E-state index in [9.17, 15) is 59.6 Å². The SMILES string of the molecule is COc1cccc2c1C(=O)c1c(O)c3c(c(O)c1C2=O)C[C@@](O)(/C(CO)=N/NC(=O)c1cc(C2C(=O)C=CC2=O)cc([N+](=O)[O-])c1)C[C@@H]3O[C@H]1CC(N2CCO[C@H](C)C2)[C@H](O)[C@H](C)O1. The average molecular weight is 885 g/mol. The van der Waals surface area contributed by atoms with Gasteiger partial charge in [0.2, 0.25) is 5.78 Å². The molecule has 2 heterocycles. The number of ketones is 4. The molecule has 2 saturated heterocycles. The quantitative estimate of drug-likeness (QED) is 0.0434. The van der Waals surface area contributed by atoms with Crippen LogP contribution < -0.4 is 10.2 Å². The topological polar surface area (TPSA) is 294 Å². The number of hydrogen-bond acceptors (Lipinski definition) is 18. The Balaban J connectivity index is 1.19. The molecule has 8 rings (SSSR count). The van der Waals surface area contributed by atoms with Gasteiger partial charge in [-0.1, -0.05) is 12.1 Å². The lowest BCUT2D eigenvalue weighted by molar-refractivity contribution is -0.384. The van der Waals surface area contributed by atoms with Crippen molar-refractivity contribution in [1.82, 2.24) is 10.3 Å². The number of nitro benzene ring substituents is 1. The van der Waals surface area contributed by atoms with Gasteiger partial charge in [0.15, 0.2) is 23.6 Å². The fraction of sp³-hybridized carbons (Fsp3) is 0.409. The molecule has 1 amide bonds. The Morgan fingerprint density at radius 3 is 2.44 bits per heavy atom. The minimum Gasteiger partial charge on any atom is -0.507 e. The Labute approximate surface area is 363 Å². The van der Waals surface area contributed by atoms with Crippen molar-refractivity contribution in [3.63, 3.8) is 0 Å². The van der Waals surface area contributed by atoms with Crippen LogP contribution in [0.3, 0.4) is 0 Å². The average Bonchev–Trinajstić information content (AvgIpc) is 3.61. The third-order valence-corrected chi connectivity index (χ3v) is 12.5. The van der Waals surface area contributed by atoms with Crippen LogP contribution in [0.1, 0.15) is 97.6 Å². The largest absolute Gasteiger partial charge is 0.507 e. The third kappa shape index (κ3) is 7.65. The van der Waals surface area contributed by atoms with Gasteiger partial charge in [-0.05, 0) is 43.7 Å². The maximum absolute atomic E-state index is 14.2. The lowest BCUT2D eigenvalue weighted by Crippen LogP contribution is -2.59. The summed E-state index contributed by atoms with van der Waals surface area (Å²) in [5, 5.41) is 74.4. The van der Waals surface area contributed by atoms with Crippen LogP contribution in [0.15, 0.2) is 53.7 Å². The Kier molecular flexibility index (Phi) is 11.8. The first-order chi connectivity index (χ1) is 30.5. The first-order valence-corrected chi connectivity index (χ1v) is 20.4. The van der Waals surface area contributed by atoms with E-state index in [0.717, 1.165) is 30.4 Å². The lowest BCUT2D eigenvalue weighted by Gasteiger charge is -2.47. The van der Waals surface area contributed by atoms with Crippen molar-refractivity contribution in [1.29, 1.82) is 0 Å². The molecule has 2 fully saturated rings. The number of aromatic hydroxyl groups is 2. The maximum atomic E-state index is 14.2. The van der Waals surface area contributed by atoms with E-state index in [1.54, 1.807) is 6.92 Å². The first-order valence-electron chi connectivity index (χ1n) is 20.4. The highest BCUT2D eigenvalue weighted by molar-refractivity contribution is 6.31. The zero-order valence-electron chi connectivity index (χ0n) is 34.7. The number of carbonyl (C=O) groups is 5. The second-order valence-corrected chi connectivity index (χ2v) is 16.5. The molecular weight excluding hydrogens is 840 g/mol. The number of nitrogens with zero attached hydrogens (tertiary/aromatic N) is 3. The Morgan fingerprint density at radius 2 is 1.77 bits per heavy atom. The molecule has 0 saturated carbocycles. The lowest BCUT2D eigenvalue weighted by atomic mass is 9.71. The summed E-state index contributed by atoms with van der Waals surface area (Å²) < 4.78 is 23.7. The van der Waals surface area contributed by atoms with Crippen LogP contribution in [-0.2, 0) is 30.2 Å². The molecule has 64 heavy (non-hydrogen) atoms. The van der Waals surface area contributed by atoms with Gasteiger partial charge in [-0.3, -0.25) is 39.0 Å². The van der Waals surface area contributed by atoms with Gasteiger partial charge in [0.25, 0.3) is 11.6 Å². The molecule has 3 aliphatic carbocycles. The fourth-order valence-electron chi connectivity index (χ4n) is 9.39. The number of ether oxygens (including phenoxy) is 4. The highest BCUT2D eigenvalue weighted by Gasteiger charge is 2.50. The molecule has 1 unspecified atom stereocenters. The molecule has 336 valence electrons. The number of amides is 1. The van der Waals surface area contributed by atoms with E-state index in [1.807, 2.05) is 11.8 Å². The zero-order valence-corrected chi connectivity index (χ0v) is 34.7. The number of phenols is 2. The zero-order chi connectivity index (χ0) is 45.9. The van der Waals surface area contributed by atoms with Crippen molar-refractivity contribution in [3.05, 3.63) is 103 Å². The normalized spacial score (nSPS) is 27.2. The van der Waals surface area contributed by atoms with Gasteiger partial charge in [0.05, 0.1) is 72.1 Å². The van der Waals surface area contributed by atoms with Crippen LogP contribution in [0.4, 0.5) is 5.69 Å². The number of rotatable bonds is 10. The van der Waals surface area contributed by atoms with Crippen LogP contribution in [0.2, 0.25) is 0 Å². The number of morpholine rings is 1. The fourth-order valence-corrected chi connectivity index (χ4v) is 9.39. The number of allylic oxidation sites excluding steroid dienone is 2. The van der Waals surface area contributed by atoms with Gasteiger partial charge in [-0.2, -0.15) is 5.10 Å². The molecule has 7 atom stereocenters. The van der Waals surface area contributed by atoms with Gasteiger partial charge < -0.3 is 44.5 Å². The van der Waals surface area contributed by atoms with Crippen LogP contribution in [0.25, 0.3) is 0 Å². The number of non-ortho nitro benzene ring substituents is 1. The van der Waals surface area contributed by atoms with Crippen LogP contribution >= 0.6 is 0 Å². The summed E-state index contributed by atoms with van der Waals surface area (Å²) in [5.41, 5.74) is -3.71. The number of fused-ring (bicyclic) bond motifs is 3. The summed E-state index contributed by atoms with van der Waals surface area (Å²) >= 11 is 0. The number of nitrogens with one attached hydrogen (secondary N) is 1. The molecule has 20 heteroatoms. The molecule has 3 aromatic rings. The number of carbonyl (C=O) groups excluding carboxylic acids is 5. The molecular formula is C44H44N4O16. The summed E-state index contributed by atoms with van der Waals surface area (Å²) in [4.78, 5) is 79.9. The summed E-state index contributed by atoms with van der Waals surface area (Å²) in [7, 11) is 1.30. The molecule has 20 nitrogen and oxygen atoms in total. The van der Waals surface area contributed by atoms with E-state index in [1.165, 1.54) is 25.3 Å². The van der Waals surface area contributed by atoms with Gasteiger partial charge in [0.1, 0.15) is 28.8 Å². The van der Waals surface area contributed by atoms with E-state index >= 15 is 0 Å². The highest BCUT2D eigenvalue weighted by Crippen LogP contribution is 2.53. The molecule has 6 N–H and O–H groups in total. The predicted octanol–water partition coefficient (Wildman–Crippen LogP) is 1.68. The molecule has 5 aliphatic rings. The molecule has 0 spiro atoms.